The van der Waals surface area contributed by atoms with Gasteiger partial charge in [0.2, 0.25) is 0 Å². The zero-order valence-corrected chi connectivity index (χ0v) is 10.6. The number of carbonyl (C=O) groups is 2. The Balaban J connectivity index is 0. The number of carboxylic acid groups (broad SMARTS) is 2. The summed E-state index contributed by atoms with van der Waals surface area (Å²) in [6, 6.07) is 0. The second kappa shape index (κ2) is 6.53. The van der Waals surface area contributed by atoms with Crippen LogP contribution in [0.1, 0.15) is 33.6 Å². The molecule has 0 bridgehead atoms. The van der Waals surface area contributed by atoms with Crippen LogP contribution >= 0.6 is 0 Å². The monoisotopic (exact) mass is 251 g/mol. The van der Waals surface area contributed by atoms with E-state index in [1.807, 2.05) is 0 Å². The van der Waals surface area contributed by atoms with E-state index in [0.717, 1.165) is 0 Å². The van der Waals surface area contributed by atoms with Crippen LogP contribution in [0.4, 0.5) is 0 Å². The summed E-state index contributed by atoms with van der Waals surface area (Å²) in [7, 11) is 0. The van der Waals surface area contributed by atoms with Crippen molar-refractivity contribution in [2.45, 2.75) is 44.8 Å². The predicted molar refractivity (Wildman–Crippen MR) is 58.5 cm³/mol. The highest BCUT2D eigenvalue weighted by atomic mass is 16.5. The maximum atomic E-state index is 11.2. The molecule has 6 N–H and O–H groups in total. The van der Waals surface area contributed by atoms with Crippen LogP contribution in [-0.2, 0) is 14.3 Å². The van der Waals surface area contributed by atoms with Crippen molar-refractivity contribution in [1.29, 1.82) is 0 Å². The third kappa shape index (κ3) is 2.74. The predicted octanol–water partition coefficient (Wildman–Crippen LogP) is -0.476. The number of hydrogen-bond acceptors (Lipinski definition) is 5. The maximum Gasteiger partial charge on any atom is 0.339 e. The van der Waals surface area contributed by atoms with Crippen LogP contribution in [0.2, 0.25) is 0 Å². The van der Waals surface area contributed by atoms with E-state index in [4.69, 9.17) is 9.84 Å². The number of carbonyl (C=O) groups excluding carboxylic acids is 1. The molecular weight excluding hydrogens is 230 g/mol. The molecule has 0 aromatic carbocycles. The molecule has 0 heterocycles. The number of ether oxygens (including phenoxy) is 1. The van der Waals surface area contributed by atoms with Gasteiger partial charge in [-0.25, -0.2) is 4.79 Å². The molecule has 0 aliphatic carbocycles. The van der Waals surface area contributed by atoms with E-state index in [1.54, 1.807) is 0 Å². The van der Waals surface area contributed by atoms with Crippen molar-refractivity contribution in [3.63, 3.8) is 0 Å². The third-order valence-electron chi connectivity index (χ3n) is 2.75. The quantitative estimate of drug-likeness (QED) is 0.557. The first-order valence-corrected chi connectivity index (χ1v) is 5.13. The lowest BCUT2D eigenvalue weighted by atomic mass is 9.78. The van der Waals surface area contributed by atoms with Gasteiger partial charge in [0, 0.05) is 6.61 Å². The minimum Gasteiger partial charge on any atom is -0.547 e. The highest BCUT2D eigenvalue weighted by Crippen LogP contribution is 2.33. The Kier molecular flexibility index (Phi) is 6.99. The van der Waals surface area contributed by atoms with E-state index in [0.29, 0.717) is 0 Å². The molecule has 0 fully saturated rings. The van der Waals surface area contributed by atoms with E-state index >= 15 is 0 Å². The summed E-state index contributed by atoms with van der Waals surface area (Å²) in [5.74, 6) is -3.35. The average Bonchev–Trinajstić information content (AvgIpc) is 2.23. The number of rotatable bonds is 7. The number of aliphatic hydroxyl groups is 1. The lowest BCUT2D eigenvalue weighted by Gasteiger charge is -2.43. The van der Waals surface area contributed by atoms with Crippen molar-refractivity contribution >= 4 is 11.9 Å². The van der Waals surface area contributed by atoms with E-state index in [9.17, 15) is 19.8 Å². The summed E-state index contributed by atoms with van der Waals surface area (Å²) in [5, 5.41) is 30.0. The molecule has 0 saturated carbocycles. The maximum absolute atomic E-state index is 11.2. The molecule has 0 aliphatic heterocycles. The molecule has 7 nitrogen and oxygen atoms in total. The fourth-order valence-electron chi connectivity index (χ4n) is 1.74. The van der Waals surface area contributed by atoms with Gasteiger partial charge in [-0.2, -0.15) is 0 Å². The smallest absolute Gasteiger partial charge is 0.339 e. The number of aliphatic carboxylic acids is 2. The molecule has 102 valence electrons. The van der Waals surface area contributed by atoms with Crippen LogP contribution in [0.3, 0.4) is 0 Å². The highest BCUT2D eigenvalue weighted by Gasteiger charge is 2.56. The molecule has 0 amide bonds. The summed E-state index contributed by atoms with van der Waals surface area (Å²) in [6.07, 6.45) is -0.482. The van der Waals surface area contributed by atoms with Gasteiger partial charge in [0.15, 0.2) is 5.60 Å². The minimum atomic E-state index is -2.54. The summed E-state index contributed by atoms with van der Waals surface area (Å²) >= 11 is 0. The SMILES string of the molecule is CCOC(CC)(C(=O)O)C(O)(CC)C(=O)[O-].[NH4+]. The Morgan fingerprint density at radius 1 is 1.24 bits per heavy atom. The van der Waals surface area contributed by atoms with Crippen LogP contribution < -0.4 is 11.3 Å². The summed E-state index contributed by atoms with van der Waals surface area (Å²) in [4.78, 5) is 22.1. The van der Waals surface area contributed by atoms with Gasteiger partial charge in [-0.05, 0) is 19.8 Å². The molecule has 2 atom stereocenters. The molecule has 0 spiro atoms. The topological polar surface area (TPSA) is 143 Å². The zero-order chi connectivity index (χ0) is 13.0. The second-order valence-corrected chi connectivity index (χ2v) is 3.42. The largest absolute Gasteiger partial charge is 0.547 e. The van der Waals surface area contributed by atoms with E-state index in [-0.39, 0.29) is 25.6 Å². The van der Waals surface area contributed by atoms with Crippen molar-refractivity contribution in [3.8, 4) is 0 Å². The van der Waals surface area contributed by atoms with E-state index in [2.05, 4.69) is 0 Å². The van der Waals surface area contributed by atoms with E-state index in [1.165, 1.54) is 20.8 Å². The van der Waals surface area contributed by atoms with Crippen LogP contribution in [0.25, 0.3) is 0 Å². The summed E-state index contributed by atoms with van der Waals surface area (Å²) < 4.78 is 4.99. The number of quaternary nitrogens is 1. The van der Waals surface area contributed by atoms with Gasteiger partial charge >= 0.3 is 5.97 Å². The molecule has 0 aromatic rings. The summed E-state index contributed by atoms with van der Waals surface area (Å²) in [5.41, 5.74) is -4.71. The first-order chi connectivity index (χ1) is 7.32. The molecule has 0 rings (SSSR count). The molecule has 0 aromatic heterocycles. The Hall–Kier alpha value is -1.18. The van der Waals surface area contributed by atoms with Gasteiger partial charge in [-0.15, -0.1) is 0 Å². The van der Waals surface area contributed by atoms with Gasteiger partial charge in [-0.1, -0.05) is 13.8 Å². The van der Waals surface area contributed by atoms with Crippen molar-refractivity contribution in [2.24, 2.45) is 0 Å². The number of hydrogen-bond donors (Lipinski definition) is 3. The highest BCUT2D eigenvalue weighted by molar-refractivity contribution is 5.90. The van der Waals surface area contributed by atoms with E-state index < -0.39 is 23.1 Å². The fourth-order valence-corrected chi connectivity index (χ4v) is 1.74. The first-order valence-electron chi connectivity index (χ1n) is 5.13. The number of carboxylic acids is 2. The van der Waals surface area contributed by atoms with Gasteiger partial charge < -0.3 is 31.0 Å². The molecular formula is C10H21NO6. The van der Waals surface area contributed by atoms with Crippen molar-refractivity contribution in [2.75, 3.05) is 6.61 Å². The van der Waals surface area contributed by atoms with Gasteiger partial charge in [0.05, 0.1) is 5.97 Å². The normalized spacial score (nSPS) is 17.4. The van der Waals surface area contributed by atoms with Crippen LogP contribution in [0.15, 0.2) is 0 Å². The zero-order valence-electron chi connectivity index (χ0n) is 10.6. The second-order valence-electron chi connectivity index (χ2n) is 3.42. The minimum absolute atomic E-state index is 0. The van der Waals surface area contributed by atoms with Crippen LogP contribution in [0, 0.1) is 0 Å². The Bertz CT molecular complexity index is 282. The van der Waals surface area contributed by atoms with Gasteiger partial charge in [-0.3, -0.25) is 0 Å². The van der Waals surface area contributed by atoms with Gasteiger partial charge in [0.1, 0.15) is 5.60 Å². The molecule has 0 saturated heterocycles. The Morgan fingerprint density at radius 3 is 1.88 bits per heavy atom. The Labute approximate surface area is 100.0 Å². The van der Waals surface area contributed by atoms with Crippen molar-refractivity contribution in [1.82, 2.24) is 6.15 Å². The lowest BCUT2D eigenvalue weighted by Crippen LogP contribution is -2.68. The molecule has 7 heteroatoms. The molecule has 17 heavy (non-hydrogen) atoms. The van der Waals surface area contributed by atoms with Crippen molar-refractivity contribution < 1.29 is 29.6 Å². The molecule has 2 unspecified atom stereocenters. The van der Waals surface area contributed by atoms with Crippen molar-refractivity contribution in [3.05, 3.63) is 0 Å². The average molecular weight is 251 g/mol. The fraction of sp³-hybridized carbons (Fsp3) is 0.800. The standard InChI is InChI=1S/C10H18O6.H3N/c1-4-9(15,7(11)12)10(5-2,8(13)14)16-6-3;/h15H,4-6H2,1-3H3,(H,11,12)(H,13,14);1H3. The first kappa shape index (κ1) is 18.2. The van der Waals surface area contributed by atoms with Crippen LogP contribution in [0.5, 0.6) is 0 Å². The molecule has 0 radical (unpaired) electrons. The lowest BCUT2D eigenvalue weighted by molar-refractivity contribution is -0.338. The molecule has 0 aliphatic rings. The third-order valence-corrected chi connectivity index (χ3v) is 2.75. The Morgan fingerprint density at radius 2 is 1.71 bits per heavy atom. The summed E-state index contributed by atoms with van der Waals surface area (Å²) in [6.45, 7) is 4.31. The van der Waals surface area contributed by atoms with Crippen LogP contribution in [-0.4, -0.2) is 40.0 Å². The van der Waals surface area contributed by atoms with Gasteiger partial charge in [0.25, 0.3) is 0 Å².